The minimum Gasteiger partial charge on any atom is -0.332 e. The van der Waals surface area contributed by atoms with Crippen molar-refractivity contribution >= 4 is 11.2 Å². The summed E-state index contributed by atoms with van der Waals surface area (Å²) in [6.07, 6.45) is 1.60. The molecule has 0 saturated carbocycles. The first-order valence-corrected chi connectivity index (χ1v) is 5.44. The van der Waals surface area contributed by atoms with Crippen molar-refractivity contribution in [3.63, 3.8) is 0 Å². The lowest BCUT2D eigenvalue weighted by Gasteiger charge is -1.98. The highest BCUT2D eigenvalue weighted by Gasteiger charge is 2.09. The molecule has 8 nitrogen and oxygen atoms in total. The molecule has 0 saturated heterocycles. The van der Waals surface area contributed by atoms with Gasteiger partial charge in [-0.25, -0.2) is 9.78 Å². The molecule has 0 fully saturated rings. The molecular weight excluding hydrogens is 250 g/mol. The van der Waals surface area contributed by atoms with E-state index in [0.29, 0.717) is 11.4 Å². The van der Waals surface area contributed by atoms with Crippen LogP contribution < -0.4 is 16.8 Å². The second-order valence-electron chi connectivity index (χ2n) is 4.08. The molecule has 0 amide bonds. The van der Waals surface area contributed by atoms with Crippen LogP contribution in [-0.2, 0) is 7.05 Å². The van der Waals surface area contributed by atoms with Gasteiger partial charge in [0.05, 0.1) is 0 Å². The van der Waals surface area contributed by atoms with E-state index >= 15 is 0 Å². The van der Waals surface area contributed by atoms with Crippen LogP contribution in [0.3, 0.4) is 0 Å². The quantitative estimate of drug-likeness (QED) is 0.536. The number of hydrogen-bond donors (Lipinski definition) is 3. The van der Waals surface area contributed by atoms with Crippen LogP contribution in [0.1, 0.15) is 0 Å². The first kappa shape index (κ1) is 11.2. The molecule has 3 aromatic heterocycles. The molecule has 0 bridgehead atoms. The molecule has 3 aromatic rings. The van der Waals surface area contributed by atoms with E-state index in [0.717, 1.165) is 0 Å². The van der Waals surface area contributed by atoms with Crippen LogP contribution in [0.15, 0.2) is 32.7 Å². The molecule has 19 heavy (non-hydrogen) atoms. The molecule has 0 atom stereocenters. The zero-order chi connectivity index (χ0) is 13.6. The number of nitrogens with zero attached hydrogens (tertiary/aromatic N) is 2. The maximum Gasteiger partial charge on any atom is 0.327 e. The van der Waals surface area contributed by atoms with Crippen LogP contribution in [0.2, 0.25) is 0 Å². The molecule has 8 heteroatoms. The number of nitrogens with one attached hydrogen (secondary N) is 3. The van der Waals surface area contributed by atoms with Crippen LogP contribution >= 0.6 is 0 Å². The number of imidazole rings is 1. The van der Waals surface area contributed by atoms with Crippen LogP contribution in [0.5, 0.6) is 0 Å². The van der Waals surface area contributed by atoms with Crippen molar-refractivity contribution in [2.75, 3.05) is 0 Å². The van der Waals surface area contributed by atoms with Crippen LogP contribution in [0, 0.1) is 0 Å². The molecule has 0 aliphatic rings. The maximum atomic E-state index is 11.6. The van der Waals surface area contributed by atoms with Crippen LogP contribution in [0.25, 0.3) is 22.6 Å². The Morgan fingerprint density at radius 1 is 1.16 bits per heavy atom. The lowest BCUT2D eigenvalue weighted by Crippen LogP contribution is -2.21. The zero-order valence-corrected chi connectivity index (χ0v) is 9.85. The summed E-state index contributed by atoms with van der Waals surface area (Å²) in [6, 6.07) is 3.08. The van der Waals surface area contributed by atoms with Gasteiger partial charge in [0.25, 0.3) is 11.1 Å². The Hall–Kier alpha value is -2.90. The number of fused-ring (bicyclic) bond motifs is 1. The van der Waals surface area contributed by atoms with Crippen molar-refractivity contribution in [1.29, 1.82) is 0 Å². The second kappa shape index (κ2) is 3.80. The summed E-state index contributed by atoms with van der Waals surface area (Å²) in [5, 5.41) is 0. The molecule has 0 aliphatic carbocycles. The number of aromatic nitrogens is 5. The zero-order valence-electron chi connectivity index (χ0n) is 9.85. The third kappa shape index (κ3) is 1.79. The number of aromatic amines is 3. The van der Waals surface area contributed by atoms with Crippen LogP contribution in [0.4, 0.5) is 0 Å². The van der Waals surface area contributed by atoms with Gasteiger partial charge in [0.2, 0.25) is 0 Å². The SMILES string of the molecule is Cn1ccc(-c2nc3[nH]c(=O)[nH]c(=O)c3[nH]2)cc1=O. The van der Waals surface area contributed by atoms with Gasteiger partial charge in [0.1, 0.15) is 11.3 Å². The number of aryl methyl sites for hydroxylation is 1. The van der Waals surface area contributed by atoms with Crippen molar-refractivity contribution in [3.8, 4) is 11.4 Å². The van der Waals surface area contributed by atoms with Gasteiger partial charge in [-0.15, -0.1) is 0 Å². The Morgan fingerprint density at radius 3 is 2.68 bits per heavy atom. The van der Waals surface area contributed by atoms with Crippen LogP contribution in [-0.4, -0.2) is 24.5 Å². The minimum absolute atomic E-state index is 0.157. The molecule has 0 spiro atoms. The molecule has 0 unspecified atom stereocenters. The lowest BCUT2D eigenvalue weighted by molar-refractivity contribution is 0.860. The van der Waals surface area contributed by atoms with Gasteiger partial charge in [-0.3, -0.25) is 19.6 Å². The summed E-state index contributed by atoms with van der Waals surface area (Å²) in [4.78, 5) is 45.6. The average Bonchev–Trinajstić information content (AvgIpc) is 2.76. The first-order valence-electron chi connectivity index (χ1n) is 5.44. The van der Waals surface area contributed by atoms with Crippen molar-refractivity contribution in [3.05, 3.63) is 49.5 Å². The van der Waals surface area contributed by atoms with Crippen molar-refractivity contribution in [1.82, 2.24) is 24.5 Å². The Morgan fingerprint density at radius 2 is 1.95 bits per heavy atom. The molecule has 3 N–H and O–H groups in total. The number of pyridine rings is 1. The van der Waals surface area contributed by atoms with E-state index in [-0.39, 0.29) is 16.7 Å². The Balaban J connectivity index is 2.29. The fourth-order valence-electron chi connectivity index (χ4n) is 1.76. The summed E-state index contributed by atoms with van der Waals surface area (Å²) in [5.41, 5.74) is -0.513. The second-order valence-corrected chi connectivity index (χ2v) is 4.08. The number of hydrogen-bond acceptors (Lipinski definition) is 4. The smallest absolute Gasteiger partial charge is 0.327 e. The van der Waals surface area contributed by atoms with Crippen molar-refractivity contribution in [2.24, 2.45) is 7.05 Å². The number of H-pyrrole nitrogens is 3. The maximum absolute atomic E-state index is 11.6. The molecule has 0 radical (unpaired) electrons. The largest absolute Gasteiger partial charge is 0.332 e. The van der Waals surface area contributed by atoms with Gasteiger partial charge in [-0.2, -0.15) is 0 Å². The fourth-order valence-corrected chi connectivity index (χ4v) is 1.76. The normalized spacial score (nSPS) is 11.0. The molecule has 3 rings (SSSR count). The van der Waals surface area contributed by atoms with E-state index in [9.17, 15) is 14.4 Å². The summed E-state index contributed by atoms with van der Waals surface area (Å²) in [5.74, 6) is 0.347. The highest BCUT2D eigenvalue weighted by molar-refractivity contribution is 5.74. The molecular formula is C11H9N5O3. The predicted molar refractivity (Wildman–Crippen MR) is 68.0 cm³/mol. The summed E-state index contributed by atoms with van der Waals surface area (Å²) >= 11 is 0. The highest BCUT2D eigenvalue weighted by atomic mass is 16.2. The minimum atomic E-state index is -0.625. The highest BCUT2D eigenvalue weighted by Crippen LogP contribution is 2.14. The van der Waals surface area contributed by atoms with Gasteiger partial charge in [-0.1, -0.05) is 0 Å². The lowest BCUT2D eigenvalue weighted by atomic mass is 10.2. The third-order valence-electron chi connectivity index (χ3n) is 2.77. The van der Waals surface area contributed by atoms with E-state index in [1.54, 1.807) is 19.3 Å². The topological polar surface area (TPSA) is 116 Å². The summed E-state index contributed by atoms with van der Waals surface area (Å²) in [7, 11) is 1.63. The number of rotatable bonds is 1. The Labute approximate surface area is 104 Å². The molecule has 3 heterocycles. The summed E-state index contributed by atoms with van der Waals surface area (Å²) < 4.78 is 1.42. The molecule has 0 aliphatic heterocycles. The fraction of sp³-hybridized carbons (Fsp3) is 0.0909. The monoisotopic (exact) mass is 259 g/mol. The van der Waals surface area contributed by atoms with Crippen molar-refractivity contribution in [2.45, 2.75) is 0 Å². The average molecular weight is 259 g/mol. The van der Waals surface area contributed by atoms with E-state index in [1.165, 1.54) is 10.6 Å². The van der Waals surface area contributed by atoms with E-state index in [1.807, 2.05) is 0 Å². The first-order chi connectivity index (χ1) is 9.04. The molecule has 96 valence electrons. The van der Waals surface area contributed by atoms with Crippen molar-refractivity contribution < 1.29 is 0 Å². The van der Waals surface area contributed by atoms with Gasteiger partial charge in [0.15, 0.2) is 5.65 Å². The Kier molecular flexibility index (Phi) is 2.24. The van der Waals surface area contributed by atoms with E-state index in [2.05, 4.69) is 19.9 Å². The standard InChI is InChI=1S/C11H9N5O3/c1-16-3-2-5(4-6(16)17)8-12-7-9(13-8)14-11(19)15-10(7)18/h2-4H,1H3,(H3,12,13,14,15,18,19). The summed E-state index contributed by atoms with van der Waals surface area (Å²) in [6.45, 7) is 0. The Bertz CT molecular complexity index is 943. The van der Waals surface area contributed by atoms with Gasteiger partial charge >= 0.3 is 5.69 Å². The van der Waals surface area contributed by atoms with Gasteiger partial charge in [-0.05, 0) is 6.07 Å². The predicted octanol–water partition coefficient (Wildman–Crippen LogP) is -0.695. The van der Waals surface area contributed by atoms with Gasteiger partial charge in [0, 0.05) is 24.9 Å². The molecule has 0 aromatic carbocycles. The van der Waals surface area contributed by atoms with Gasteiger partial charge < -0.3 is 9.55 Å². The van der Waals surface area contributed by atoms with E-state index < -0.39 is 11.2 Å². The third-order valence-corrected chi connectivity index (χ3v) is 2.77. The van der Waals surface area contributed by atoms with E-state index in [4.69, 9.17) is 0 Å².